The Balaban J connectivity index is 2.77. The zero-order chi connectivity index (χ0) is 11.7. The van der Waals surface area contributed by atoms with Gasteiger partial charge in [0.15, 0.2) is 0 Å². The molecule has 0 amide bonds. The summed E-state index contributed by atoms with van der Waals surface area (Å²) in [7, 11) is 0. The number of rotatable bonds is 1. The molecule has 82 valence electrons. The van der Waals surface area contributed by atoms with E-state index in [2.05, 4.69) is 15.9 Å². The van der Waals surface area contributed by atoms with Crippen molar-refractivity contribution in [2.75, 3.05) is 0 Å². The molecule has 0 atom stereocenters. The Bertz CT molecular complexity index is 561. The van der Waals surface area contributed by atoms with Gasteiger partial charge in [0.2, 0.25) is 0 Å². The van der Waals surface area contributed by atoms with Crippen molar-refractivity contribution >= 4 is 32.7 Å². The van der Waals surface area contributed by atoms with Crippen LogP contribution in [0.5, 0.6) is 5.75 Å². The molecule has 0 aliphatic carbocycles. The molecule has 0 radical (unpaired) electrons. The molecule has 0 N–H and O–H groups in total. The SMILES string of the molecule is CC(=O)Oc1c(C)ccc2cccc(Br)c12. The van der Waals surface area contributed by atoms with Crippen LogP contribution in [0.25, 0.3) is 10.8 Å². The number of benzene rings is 2. The molecule has 0 aromatic heterocycles. The van der Waals surface area contributed by atoms with Crippen LogP contribution in [0.3, 0.4) is 0 Å². The molecular formula is C13H11BrO2. The van der Waals surface area contributed by atoms with E-state index in [4.69, 9.17) is 4.74 Å². The van der Waals surface area contributed by atoms with Crippen molar-refractivity contribution < 1.29 is 9.53 Å². The van der Waals surface area contributed by atoms with E-state index in [1.807, 2.05) is 37.3 Å². The van der Waals surface area contributed by atoms with Crippen LogP contribution in [-0.2, 0) is 4.79 Å². The highest BCUT2D eigenvalue weighted by Crippen LogP contribution is 2.35. The molecule has 2 nitrogen and oxygen atoms in total. The van der Waals surface area contributed by atoms with E-state index in [0.717, 1.165) is 20.8 Å². The maximum atomic E-state index is 11.1. The number of fused-ring (bicyclic) bond motifs is 1. The fourth-order valence-corrected chi connectivity index (χ4v) is 2.24. The molecule has 0 saturated heterocycles. The third-order valence-corrected chi connectivity index (χ3v) is 3.05. The van der Waals surface area contributed by atoms with Gasteiger partial charge in [-0.2, -0.15) is 0 Å². The summed E-state index contributed by atoms with van der Waals surface area (Å²) in [5, 5.41) is 1.99. The fraction of sp³-hybridized carbons (Fsp3) is 0.154. The normalized spacial score (nSPS) is 10.4. The number of hydrogen-bond acceptors (Lipinski definition) is 2. The van der Waals surface area contributed by atoms with Gasteiger partial charge < -0.3 is 4.74 Å². The lowest BCUT2D eigenvalue weighted by Crippen LogP contribution is -2.03. The Morgan fingerprint density at radius 1 is 1.25 bits per heavy atom. The van der Waals surface area contributed by atoms with Crippen molar-refractivity contribution in [2.45, 2.75) is 13.8 Å². The van der Waals surface area contributed by atoms with E-state index < -0.39 is 0 Å². The van der Waals surface area contributed by atoms with Crippen molar-refractivity contribution in [1.29, 1.82) is 0 Å². The van der Waals surface area contributed by atoms with Crippen molar-refractivity contribution in [1.82, 2.24) is 0 Å². The van der Waals surface area contributed by atoms with Gasteiger partial charge >= 0.3 is 5.97 Å². The van der Waals surface area contributed by atoms with Crippen LogP contribution in [0.15, 0.2) is 34.8 Å². The summed E-state index contributed by atoms with van der Waals surface area (Å²) in [6.45, 7) is 3.34. The Morgan fingerprint density at radius 2 is 2.00 bits per heavy atom. The minimum absolute atomic E-state index is 0.300. The predicted octanol–water partition coefficient (Wildman–Crippen LogP) is 3.84. The molecule has 2 aromatic carbocycles. The van der Waals surface area contributed by atoms with Crippen LogP contribution in [0.2, 0.25) is 0 Å². The molecule has 16 heavy (non-hydrogen) atoms. The van der Waals surface area contributed by atoms with E-state index in [9.17, 15) is 4.79 Å². The molecule has 0 heterocycles. The first-order chi connectivity index (χ1) is 7.59. The molecule has 0 saturated carbocycles. The topological polar surface area (TPSA) is 26.3 Å². The largest absolute Gasteiger partial charge is 0.426 e. The average Bonchev–Trinajstić information content (AvgIpc) is 2.22. The van der Waals surface area contributed by atoms with E-state index in [-0.39, 0.29) is 5.97 Å². The molecule has 0 aliphatic rings. The second-order valence-electron chi connectivity index (χ2n) is 3.64. The zero-order valence-corrected chi connectivity index (χ0v) is 10.7. The average molecular weight is 279 g/mol. The number of carbonyl (C=O) groups excluding carboxylic acids is 1. The van der Waals surface area contributed by atoms with Gasteiger partial charge in [0, 0.05) is 16.8 Å². The van der Waals surface area contributed by atoms with Gasteiger partial charge in [0.1, 0.15) is 5.75 Å². The lowest BCUT2D eigenvalue weighted by Gasteiger charge is -2.10. The van der Waals surface area contributed by atoms with Crippen LogP contribution < -0.4 is 4.74 Å². The van der Waals surface area contributed by atoms with E-state index in [1.54, 1.807) is 0 Å². The number of carbonyl (C=O) groups is 1. The van der Waals surface area contributed by atoms with Crippen molar-refractivity contribution in [3.05, 3.63) is 40.4 Å². The zero-order valence-electron chi connectivity index (χ0n) is 9.08. The minimum atomic E-state index is -0.300. The van der Waals surface area contributed by atoms with Crippen LogP contribution in [-0.4, -0.2) is 5.97 Å². The van der Waals surface area contributed by atoms with Crippen LogP contribution in [0.1, 0.15) is 12.5 Å². The Hall–Kier alpha value is -1.35. The highest BCUT2D eigenvalue weighted by molar-refractivity contribution is 9.10. The van der Waals surface area contributed by atoms with Crippen molar-refractivity contribution in [3.63, 3.8) is 0 Å². The summed E-state index contributed by atoms with van der Waals surface area (Å²) in [6, 6.07) is 9.86. The second kappa shape index (κ2) is 4.26. The Labute approximate surface area is 102 Å². The van der Waals surface area contributed by atoms with E-state index in [1.165, 1.54) is 6.92 Å². The highest BCUT2D eigenvalue weighted by atomic mass is 79.9. The van der Waals surface area contributed by atoms with E-state index in [0.29, 0.717) is 5.75 Å². The minimum Gasteiger partial charge on any atom is -0.426 e. The van der Waals surface area contributed by atoms with Gasteiger partial charge in [0.05, 0.1) is 0 Å². The third-order valence-electron chi connectivity index (χ3n) is 2.39. The Morgan fingerprint density at radius 3 is 2.69 bits per heavy atom. The van der Waals surface area contributed by atoms with Gasteiger partial charge in [-0.15, -0.1) is 0 Å². The summed E-state index contributed by atoms with van der Waals surface area (Å²) < 4.78 is 6.21. The number of ether oxygens (including phenoxy) is 1. The fourth-order valence-electron chi connectivity index (χ4n) is 1.68. The molecule has 0 bridgehead atoms. The maximum Gasteiger partial charge on any atom is 0.308 e. The van der Waals surface area contributed by atoms with E-state index >= 15 is 0 Å². The second-order valence-corrected chi connectivity index (χ2v) is 4.50. The molecule has 0 unspecified atom stereocenters. The monoisotopic (exact) mass is 278 g/mol. The Kier molecular flexibility index (Phi) is 2.97. The molecule has 0 spiro atoms. The highest BCUT2D eigenvalue weighted by Gasteiger charge is 2.10. The number of hydrogen-bond donors (Lipinski definition) is 0. The summed E-state index contributed by atoms with van der Waals surface area (Å²) in [4.78, 5) is 11.1. The van der Waals surface area contributed by atoms with Crippen LogP contribution >= 0.6 is 15.9 Å². The smallest absolute Gasteiger partial charge is 0.308 e. The maximum absolute atomic E-state index is 11.1. The first kappa shape index (κ1) is 11.1. The van der Waals surface area contributed by atoms with Crippen LogP contribution in [0.4, 0.5) is 0 Å². The lowest BCUT2D eigenvalue weighted by molar-refractivity contribution is -0.131. The van der Waals surface area contributed by atoms with Crippen molar-refractivity contribution in [3.8, 4) is 5.75 Å². The van der Waals surface area contributed by atoms with Gasteiger partial charge in [-0.1, -0.05) is 40.2 Å². The summed E-state index contributed by atoms with van der Waals surface area (Å²) >= 11 is 3.48. The first-order valence-corrected chi connectivity index (χ1v) is 5.75. The lowest BCUT2D eigenvalue weighted by atomic mass is 10.1. The standard InChI is InChI=1S/C13H11BrO2/c1-8-6-7-10-4-3-5-11(14)12(10)13(8)16-9(2)15/h3-7H,1-2H3. The summed E-state index contributed by atoms with van der Waals surface area (Å²) in [5.74, 6) is 0.337. The molecule has 0 fully saturated rings. The quantitative estimate of drug-likeness (QED) is 0.585. The summed E-state index contributed by atoms with van der Waals surface area (Å²) in [6.07, 6.45) is 0. The van der Waals surface area contributed by atoms with Gasteiger partial charge in [-0.25, -0.2) is 0 Å². The van der Waals surface area contributed by atoms with Crippen molar-refractivity contribution in [2.24, 2.45) is 0 Å². The third kappa shape index (κ3) is 1.95. The summed E-state index contributed by atoms with van der Waals surface area (Å²) in [5.41, 5.74) is 0.953. The number of esters is 1. The predicted molar refractivity (Wildman–Crippen MR) is 67.7 cm³/mol. The van der Waals surface area contributed by atoms with Gasteiger partial charge in [-0.3, -0.25) is 4.79 Å². The number of aryl methyl sites for hydroxylation is 1. The van der Waals surface area contributed by atoms with Gasteiger partial charge in [-0.05, 0) is 23.9 Å². The molecular weight excluding hydrogens is 268 g/mol. The number of halogens is 1. The molecule has 3 heteroatoms. The van der Waals surface area contributed by atoms with Gasteiger partial charge in [0.25, 0.3) is 0 Å². The molecule has 2 rings (SSSR count). The molecule has 0 aliphatic heterocycles. The molecule has 2 aromatic rings. The first-order valence-electron chi connectivity index (χ1n) is 4.96. The van der Waals surface area contributed by atoms with Crippen LogP contribution in [0, 0.1) is 6.92 Å².